The van der Waals surface area contributed by atoms with Gasteiger partial charge in [-0.15, -0.1) is 0 Å². The molecule has 5 heteroatoms. The van der Waals surface area contributed by atoms with E-state index in [0.717, 1.165) is 0 Å². The molecular weight excluding hydrogens is 221 g/mol. The molecule has 16 heavy (non-hydrogen) atoms. The summed E-state index contributed by atoms with van der Waals surface area (Å²) in [5, 5.41) is 0. The van der Waals surface area contributed by atoms with Crippen molar-refractivity contribution in [3.05, 3.63) is 35.9 Å². The second kappa shape index (κ2) is 5.01. The summed E-state index contributed by atoms with van der Waals surface area (Å²) >= 11 is 0. The molecule has 0 saturated heterocycles. The molecule has 88 valence electrons. The van der Waals surface area contributed by atoms with Crippen LogP contribution < -0.4 is 0 Å². The van der Waals surface area contributed by atoms with E-state index in [4.69, 9.17) is 0 Å². The van der Waals surface area contributed by atoms with Gasteiger partial charge >= 0.3 is 12.1 Å². The first-order chi connectivity index (χ1) is 7.46. The van der Waals surface area contributed by atoms with Crippen LogP contribution in [0.3, 0.4) is 0 Å². The topological polar surface area (TPSA) is 26.3 Å². The largest absolute Gasteiger partial charge is 0.465 e. The molecule has 0 aromatic heterocycles. The first-order valence-electron chi connectivity index (χ1n) is 4.75. The Morgan fingerprint density at radius 2 is 1.88 bits per heavy atom. The van der Waals surface area contributed by atoms with E-state index >= 15 is 0 Å². The molecule has 0 fully saturated rings. The molecule has 0 bridgehead atoms. The van der Waals surface area contributed by atoms with Gasteiger partial charge in [0.1, 0.15) is 0 Å². The van der Waals surface area contributed by atoms with E-state index in [0.29, 0.717) is 0 Å². The summed E-state index contributed by atoms with van der Waals surface area (Å²) in [5.74, 6) is -3.46. The summed E-state index contributed by atoms with van der Waals surface area (Å²) in [6, 6.07) is 7.01. The molecule has 0 radical (unpaired) electrons. The predicted molar refractivity (Wildman–Crippen MR) is 51.9 cm³/mol. The quantitative estimate of drug-likeness (QED) is 0.749. The molecule has 1 aromatic carbocycles. The number of hydrogen-bond acceptors (Lipinski definition) is 2. The Kier molecular flexibility index (Phi) is 3.93. The number of benzene rings is 1. The van der Waals surface area contributed by atoms with Gasteiger partial charge in [0.05, 0.1) is 6.61 Å². The third-order valence-electron chi connectivity index (χ3n) is 1.98. The number of alkyl halides is 3. The number of rotatable bonds is 3. The second-order valence-electron chi connectivity index (χ2n) is 3.14. The zero-order chi connectivity index (χ0) is 12.2. The summed E-state index contributed by atoms with van der Waals surface area (Å²) in [5.41, 5.74) is -0.103. The minimum atomic E-state index is -4.63. The maximum atomic E-state index is 12.7. The maximum Gasteiger partial charge on any atom is 0.406 e. The Morgan fingerprint density at radius 1 is 1.31 bits per heavy atom. The minimum Gasteiger partial charge on any atom is -0.465 e. The van der Waals surface area contributed by atoms with Gasteiger partial charge in [0, 0.05) is 0 Å². The lowest BCUT2D eigenvalue weighted by atomic mass is 9.99. The molecule has 0 unspecified atom stereocenters. The van der Waals surface area contributed by atoms with Crippen LogP contribution in [0.1, 0.15) is 18.4 Å². The van der Waals surface area contributed by atoms with E-state index in [1.165, 1.54) is 31.2 Å². The van der Waals surface area contributed by atoms with E-state index in [9.17, 15) is 18.0 Å². The lowest BCUT2D eigenvalue weighted by Gasteiger charge is -2.18. The molecule has 0 N–H and O–H groups in total. The van der Waals surface area contributed by atoms with Crippen molar-refractivity contribution < 1.29 is 22.7 Å². The number of carbonyl (C=O) groups is 1. The van der Waals surface area contributed by atoms with Crippen LogP contribution in [0, 0.1) is 0 Å². The van der Waals surface area contributed by atoms with Crippen LogP contribution in [0.25, 0.3) is 0 Å². The van der Waals surface area contributed by atoms with Crippen molar-refractivity contribution in [2.24, 2.45) is 0 Å². The highest BCUT2D eigenvalue weighted by Crippen LogP contribution is 2.35. The fourth-order valence-electron chi connectivity index (χ4n) is 1.33. The van der Waals surface area contributed by atoms with Gasteiger partial charge in [-0.1, -0.05) is 30.3 Å². The van der Waals surface area contributed by atoms with Crippen molar-refractivity contribution in [2.75, 3.05) is 6.61 Å². The summed E-state index contributed by atoms with van der Waals surface area (Å²) in [4.78, 5) is 11.2. The maximum absolute atomic E-state index is 12.7. The molecule has 0 saturated carbocycles. The van der Waals surface area contributed by atoms with Gasteiger partial charge in [0.15, 0.2) is 5.92 Å². The Balaban J connectivity index is 3.02. The Bertz CT molecular complexity index is 346. The highest BCUT2D eigenvalue weighted by molar-refractivity contribution is 5.79. The van der Waals surface area contributed by atoms with Crippen LogP contribution in [-0.4, -0.2) is 18.8 Å². The first kappa shape index (κ1) is 12.5. The number of carbonyl (C=O) groups excluding carboxylic acids is 1. The molecule has 2 nitrogen and oxygen atoms in total. The molecule has 0 aliphatic carbocycles. The van der Waals surface area contributed by atoms with Crippen molar-refractivity contribution in [1.82, 2.24) is 0 Å². The standard InChI is InChI=1S/C11H11F3O2/c1-2-16-10(15)9(11(12,13)14)8-6-4-3-5-7-8/h3-7,9H,2H2,1H3/t9-/m0/s1. The van der Waals surface area contributed by atoms with Crippen molar-refractivity contribution in [3.8, 4) is 0 Å². The lowest BCUT2D eigenvalue weighted by Crippen LogP contribution is -2.30. The van der Waals surface area contributed by atoms with Gasteiger partial charge < -0.3 is 4.74 Å². The number of halogens is 3. The summed E-state index contributed by atoms with van der Waals surface area (Å²) in [7, 11) is 0. The smallest absolute Gasteiger partial charge is 0.406 e. The predicted octanol–water partition coefficient (Wildman–Crippen LogP) is 2.90. The van der Waals surface area contributed by atoms with Crippen LogP contribution in [-0.2, 0) is 9.53 Å². The van der Waals surface area contributed by atoms with Crippen molar-refractivity contribution in [1.29, 1.82) is 0 Å². The van der Waals surface area contributed by atoms with Gasteiger partial charge in [-0.2, -0.15) is 13.2 Å². The van der Waals surface area contributed by atoms with E-state index < -0.39 is 18.1 Å². The molecule has 0 spiro atoms. The zero-order valence-corrected chi connectivity index (χ0v) is 8.62. The SMILES string of the molecule is CCOC(=O)[C@H](c1ccccc1)C(F)(F)F. The molecule has 1 aromatic rings. The van der Waals surface area contributed by atoms with Gasteiger partial charge in [-0.05, 0) is 12.5 Å². The summed E-state index contributed by atoms with van der Waals surface area (Å²) < 4.78 is 42.5. The Hall–Kier alpha value is -1.52. The highest BCUT2D eigenvalue weighted by Gasteiger charge is 2.46. The summed E-state index contributed by atoms with van der Waals surface area (Å²) in [6.07, 6.45) is -4.63. The van der Waals surface area contributed by atoms with Gasteiger partial charge in [-0.25, -0.2) is 0 Å². The fraction of sp³-hybridized carbons (Fsp3) is 0.364. The normalized spacial score (nSPS) is 13.2. The Labute approximate surface area is 91.0 Å². The monoisotopic (exact) mass is 232 g/mol. The van der Waals surface area contributed by atoms with Gasteiger partial charge in [-0.3, -0.25) is 4.79 Å². The zero-order valence-electron chi connectivity index (χ0n) is 8.62. The third-order valence-corrected chi connectivity index (χ3v) is 1.98. The third kappa shape index (κ3) is 2.98. The average molecular weight is 232 g/mol. The molecule has 0 heterocycles. The molecular formula is C11H11F3O2. The number of ether oxygens (including phenoxy) is 1. The number of esters is 1. The number of hydrogen-bond donors (Lipinski definition) is 0. The summed E-state index contributed by atoms with van der Waals surface area (Å²) in [6.45, 7) is 1.40. The van der Waals surface area contributed by atoms with E-state index in [1.807, 2.05) is 0 Å². The van der Waals surface area contributed by atoms with Crippen molar-refractivity contribution in [2.45, 2.75) is 19.0 Å². The molecule has 1 atom stereocenters. The molecule has 0 amide bonds. The fourth-order valence-corrected chi connectivity index (χ4v) is 1.33. The first-order valence-corrected chi connectivity index (χ1v) is 4.75. The Morgan fingerprint density at radius 3 is 2.31 bits per heavy atom. The van der Waals surface area contributed by atoms with Crippen molar-refractivity contribution >= 4 is 5.97 Å². The van der Waals surface area contributed by atoms with Crippen LogP contribution in [0.2, 0.25) is 0 Å². The van der Waals surface area contributed by atoms with Crippen LogP contribution in [0.15, 0.2) is 30.3 Å². The van der Waals surface area contributed by atoms with E-state index in [-0.39, 0.29) is 12.2 Å². The van der Waals surface area contributed by atoms with Gasteiger partial charge in [0.25, 0.3) is 0 Å². The molecule has 0 aliphatic rings. The lowest BCUT2D eigenvalue weighted by molar-refractivity contribution is -0.180. The molecule has 1 rings (SSSR count). The minimum absolute atomic E-state index is 0.0712. The van der Waals surface area contributed by atoms with Crippen molar-refractivity contribution in [3.63, 3.8) is 0 Å². The van der Waals surface area contributed by atoms with Crippen LogP contribution >= 0.6 is 0 Å². The van der Waals surface area contributed by atoms with E-state index in [1.54, 1.807) is 6.07 Å². The molecule has 0 aliphatic heterocycles. The average Bonchev–Trinajstić information content (AvgIpc) is 2.17. The van der Waals surface area contributed by atoms with Crippen LogP contribution in [0.4, 0.5) is 13.2 Å². The second-order valence-corrected chi connectivity index (χ2v) is 3.14. The van der Waals surface area contributed by atoms with Gasteiger partial charge in [0.2, 0.25) is 0 Å². The van der Waals surface area contributed by atoms with E-state index in [2.05, 4.69) is 4.74 Å². The highest BCUT2D eigenvalue weighted by atomic mass is 19.4. The van der Waals surface area contributed by atoms with Crippen LogP contribution in [0.5, 0.6) is 0 Å².